The van der Waals surface area contributed by atoms with Crippen molar-refractivity contribution in [3.8, 4) is 5.75 Å². The number of amides is 2. The third-order valence-corrected chi connectivity index (χ3v) is 6.25. The molecule has 1 saturated carbocycles. The number of anilines is 1. The third kappa shape index (κ3) is 6.04. The van der Waals surface area contributed by atoms with E-state index in [0.717, 1.165) is 31.2 Å². The second-order valence-corrected chi connectivity index (χ2v) is 8.85. The fraction of sp³-hybridized carbons (Fsp3) is 0.357. The number of aryl methyl sites for hydroxylation is 1. The van der Waals surface area contributed by atoms with Crippen molar-refractivity contribution < 1.29 is 14.3 Å². The molecule has 1 fully saturated rings. The summed E-state index contributed by atoms with van der Waals surface area (Å²) in [5.74, 6) is 0.117. The van der Waals surface area contributed by atoms with Gasteiger partial charge in [0, 0.05) is 24.1 Å². The first kappa shape index (κ1) is 24.4. The summed E-state index contributed by atoms with van der Waals surface area (Å²) in [6.45, 7) is 4.43. The fourth-order valence-electron chi connectivity index (χ4n) is 4.55. The zero-order valence-corrected chi connectivity index (χ0v) is 20.3. The van der Waals surface area contributed by atoms with E-state index >= 15 is 0 Å². The van der Waals surface area contributed by atoms with E-state index in [1.54, 1.807) is 0 Å². The largest absolute Gasteiger partial charge is 0.494 e. The number of carbonyl (C=O) groups is 2. The van der Waals surface area contributed by atoms with Crippen molar-refractivity contribution >= 4 is 17.5 Å². The average Bonchev–Trinajstić information content (AvgIpc) is 2.89. The maximum Gasteiger partial charge on any atom is 0.279 e. The second kappa shape index (κ2) is 11.6. The summed E-state index contributed by atoms with van der Waals surface area (Å²) >= 11 is 0. The van der Waals surface area contributed by atoms with E-state index in [1.165, 1.54) is 29.9 Å². The minimum atomic E-state index is -0.885. The van der Waals surface area contributed by atoms with Crippen LogP contribution in [0, 0.1) is 6.92 Å². The van der Waals surface area contributed by atoms with Gasteiger partial charge in [-0.25, -0.2) is 4.98 Å². The molecular weight excluding hydrogens is 440 g/mol. The monoisotopic (exact) mass is 472 g/mol. The van der Waals surface area contributed by atoms with E-state index in [0.29, 0.717) is 23.6 Å². The Morgan fingerprint density at radius 3 is 2.51 bits per heavy atom. The predicted octanol–water partition coefficient (Wildman–Crippen LogP) is 5.02. The van der Waals surface area contributed by atoms with Crippen LogP contribution in [0.5, 0.6) is 5.75 Å². The van der Waals surface area contributed by atoms with Gasteiger partial charge in [0.2, 0.25) is 5.91 Å². The van der Waals surface area contributed by atoms with Crippen LogP contribution in [0.2, 0.25) is 0 Å². The molecule has 1 aromatic heterocycles. The van der Waals surface area contributed by atoms with E-state index in [1.807, 2.05) is 62.4 Å². The minimum Gasteiger partial charge on any atom is -0.494 e. The lowest BCUT2D eigenvalue weighted by Crippen LogP contribution is -2.47. The van der Waals surface area contributed by atoms with Crippen molar-refractivity contribution in [3.63, 3.8) is 0 Å². The lowest BCUT2D eigenvalue weighted by atomic mass is 9.94. The Hall–Kier alpha value is -3.74. The van der Waals surface area contributed by atoms with E-state index in [-0.39, 0.29) is 23.6 Å². The van der Waals surface area contributed by atoms with Gasteiger partial charge in [-0.05, 0) is 62.1 Å². The summed E-state index contributed by atoms with van der Waals surface area (Å²) in [7, 11) is 0. The van der Waals surface area contributed by atoms with Crippen molar-refractivity contribution in [1.82, 2.24) is 15.3 Å². The standard InChI is InChI=1S/C28H32N4O3/c1-3-35-24-14-12-21(13-15-24)26(27(33)31-22-9-5-4-6-10-22)32(23-11-7-8-20(2)18-23)28(34)25-19-29-16-17-30-25/h7-8,11-19,22,26H,3-6,9-10H2,1-2H3,(H,31,33)/t26-/m1/s1. The minimum absolute atomic E-state index is 0.104. The van der Waals surface area contributed by atoms with E-state index < -0.39 is 6.04 Å². The van der Waals surface area contributed by atoms with Crippen molar-refractivity contribution in [3.05, 3.63) is 83.9 Å². The first-order valence-corrected chi connectivity index (χ1v) is 12.3. The maximum atomic E-state index is 13.9. The summed E-state index contributed by atoms with van der Waals surface area (Å²) in [6, 6.07) is 14.2. The molecule has 0 radical (unpaired) electrons. The fourth-order valence-corrected chi connectivity index (χ4v) is 4.55. The lowest BCUT2D eigenvalue weighted by molar-refractivity contribution is -0.123. The van der Waals surface area contributed by atoms with Crippen molar-refractivity contribution in [2.24, 2.45) is 0 Å². The smallest absolute Gasteiger partial charge is 0.279 e. The summed E-state index contributed by atoms with van der Waals surface area (Å²) in [6.07, 6.45) is 9.71. The van der Waals surface area contributed by atoms with E-state index in [2.05, 4.69) is 15.3 Å². The second-order valence-electron chi connectivity index (χ2n) is 8.85. The van der Waals surface area contributed by atoms with Crippen LogP contribution in [0.15, 0.2) is 67.1 Å². The molecule has 7 nitrogen and oxygen atoms in total. The van der Waals surface area contributed by atoms with Crippen LogP contribution < -0.4 is 15.0 Å². The number of rotatable bonds is 8. The Balaban J connectivity index is 1.79. The number of ether oxygens (including phenoxy) is 1. The molecule has 0 bridgehead atoms. The third-order valence-electron chi connectivity index (χ3n) is 6.25. The summed E-state index contributed by atoms with van der Waals surface area (Å²) < 4.78 is 5.60. The molecule has 0 aliphatic heterocycles. The number of hydrogen-bond donors (Lipinski definition) is 1. The van der Waals surface area contributed by atoms with Gasteiger partial charge in [-0.15, -0.1) is 0 Å². The molecule has 2 aromatic carbocycles. The zero-order valence-electron chi connectivity index (χ0n) is 20.3. The molecular formula is C28H32N4O3. The highest BCUT2D eigenvalue weighted by Gasteiger charge is 2.35. The van der Waals surface area contributed by atoms with Gasteiger partial charge in [0.1, 0.15) is 17.5 Å². The molecule has 3 aromatic rings. The van der Waals surface area contributed by atoms with Crippen LogP contribution in [0.25, 0.3) is 0 Å². The SMILES string of the molecule is CCOc1ccc([C@H](C(=O)NC2CCCCC2)N(C(=O)c2cnccn2)c2cccc(C)c2)cc1. The molecule has 4 rings (SSSR count). The molecule has 1 aliphatic rings. The maximum absolute atomic E-state index is 13.9. The van der Waals surface area contributed by atoms with Crippen molar-refractivity contribution in [2.45, 2.75) is 58.0 Å². The predicted molar refractivity (Wildman–Crippen MR) is 135 cm³/mol. The molecule has 0 spiro atoms. The summed E-state index contributed by atoms with van der Waals surface area (Å²) in [4.78, 5) is 37.6. The van der Waals surface area contributed by atoms with E-state index in [9.17, 15) is 9.59 Å². The quantitative estimate of drug-likeness (QED) is 0.498. The molecule has 7 heteroatoms. The van der Waals surface area contributed by atoms with Gasteiger partial charge in [0.25, 0.3) is 5.91 Å². The van der Waals surface area contributed by atoms with Gasteiger partial charge >= 0.3 is 0 Å². The van der Waals surface area contributed by atoms with Gasteiger partial charge in [0.05, 0.1) is 12.8 Å². The number of nitrogens with zero attached hydrogens (tertiary/aromatic N) is 3. The number of aromatic nitrogens is 2. The molecule has 1 aliphatic carbocycles. The number of hydrogen-bond acceptors (Lipinski definition) is 5. The van der Waals surface area contributed by atoms with Crippen LogP contribution in [0.3, 0.4) is 0 Å². The molecule has 2 amide bonds. The van der Waals surface area contributed by atoms with E-state index in [4.69, 9.17) is 4.74 Å². The molecule has 1 atom stereocenters. The Labute approximate surface area is 206 Å². The highest BCUT2D eigenvalue weighted by molar-refractivity contribution is 6.09. The van der Waals surface area contributed by atoms with Crippen LogP contribution >= 0.6 is 0 Å². The van der Waals surface area contributed by atoms with Crippen LogP contribution in [-0.4, -0.2) is 34.4 Å². The number of nitrogens with one attached hydrogen (secondary N) is 1. The van der Waals surface area contributed by atoms with Gasteiger partial charge in [-0.2, -0.15) is 0 Å². The Morgan fingerprint density at radius 2 is 1.86 bits per heavy atom. The molecule has 0 unspecified atom stereocenters. The normalized spacial score (nSPS) is 14.7. The first-order chi connectivity index (χ1) is 17.1. The summed E-state index contributed by atoms with van der Waals surface area (Å²) in [5, 5.41) is 3.23. The van der Waals surface area contributed by atoms with Gasteiger partial charge in [-0.3, -0.25) is 19.5 Å². The Kier molecular flexibility index (Phi) is 8.08. The van der Waals surface area contributed by atoms with Crippen LogP contribution in [0.1, 0.15) is 66.7 Å². The van der Waals surface area contributed by atoms with Crippen molar-refractivity contribution in [1.29, 1.82) is 0 Å². The number of carbonyl (C=O) groups excluding carboxylic acids is 2. The average molecular weight is 473 g/mol. The molecule has 0 saturated heterocycles. The molecule has 1 heterocycles. The van der Waals surface area contributed by atoms with Crippen molar-refractivity contribution in [2.75, 3.05) is 11.5 Å². The first-order valence-electron chi connectivity index (χ1n) is 12.3. The molecule has 1 N–H and O–H groups in total. The Bertz CT molecular complexity index is 1130. The summed E-state index contributed by atoms with van der Waals surface area (Å²) in [5.41, 5.74) is 2.48. The number of benzene rings is 2. The highest BCUT2D eigenvalue weighted by atomic mass is 16.5. The van der Waals surface area contributed by atoms with Crippen LogP contribution in [0.4, 0.5) is 5.69 Å². The van der Waals surface area contributed by atoms with Gasteiger partial charge in [0.15, 0.2) is 0 Å². The lowest BCUT2D eigenvalue weighted by Gasteiger charge is -2.33. The molecule has 182 valence electrons. The highest BCUT2D eigenvalue weighted by Crippen LogP contribution is 2.32. The topological polar surface area (TPSA) is 84.4 Å². The Morgan fingerprint density at radius 1 is 1.09 bits per heavy atom. The van der Waals surface area contributed by atoms with Gasteiger partial charge in [-0.1, -0.05) is 43.5 Å². The molecule has 35 heavy (non-hydrogen) atoms. The van der Waals surface area contributed by atoms with Gasteiger partial charge < -0.3 is 10.1 Å². The van der Waals surface area contributed by atoms with Crippen LogP contribution in [-0.2, 0) is 4.79 Å². The zero-order chi connectivity index (χ0) is 24.6.